The Labute approximate surface area is 108 Å². The van der Waals surface area contributed by atoms with Gasteiger partial charge in [-0.05, 0) is 52.2 Å². The Balaban J connectivity index is 2.65. The lowest BCUT2D eigenvalue weighted by Gasteiger charge is -2.32. The summed E-state index contributed by atoms with van der Waals surface area (Å²) in [4.78, 5) is 2.11. The molecule has 0 fully saturated rings. The summed E-state index contributed by atoms with van der Waals surface area (Å²) < 4.78 is 5.72. The van der Waals surface area contributed by atoms with Crippen LogP contribution in [0.15, 0.2) is 29.4 Å². The Bertz CT molecular complexity index is 411. The van der Waals surface area contributed by atoms with Crippen LogP contribution in [0.3, 0.4) is 0 Å². The van der Waals surface area contributed by atoms with E-state index in [1.54, 1.807) is 24.3 Å². The van der Waals surface area contributed by atoms with Crippen molar-refractivity contribution in [2.45, 2.75) is 19.4 Å². The van der Waals surface area contributed by atoms with Crippen LogP contribution >= 0.6 is 0 Å². The maximum Gasteiger partial charge on any atom is 0.170 e. The molecule has 0 bridgehead atoms. The molecule has 1 rings (SSSR count). The van der Waals surface area contributed by atoms with Gasteiger partial charge >= 0.3 is 0 Å². The molecule has 0 aliphatic rings. The fourth-order valence-electron chi connectivity index (χ4n) is 1.17. The van der Waals surface area contributed by atoms with E-state index in [0.717, 1.165) is 5.75 Å². The monoisotopic (exact) mass is 251 g/mol. The van der Waals surface area contributed by atoms with Crippen LogP contribution in [0, 0.1) is 0 Å². The van der Waals surface area contributed by atoms with E-state index in [1.807, 2.05) is 14.1 Å². The van der Waals surface area contributed by atoms with Crippen LogP contribution in [0.25, 0.3) is 0 Å². The molecular weight excluding hydrogens is 230 g/mol. The number of nitrogens with two attached hydrogens (primary N) is 1. The SMILES string of the molecule is CN(C)C(C)(C)COc1ccc(C(N)=NO)cc1. The summed E-state index contributed by atoms with van der Waals surface area (Å²) in [5.41, 5.74) is 6.11. The highest BCUT2D eigenvalue weighted by atomic mass is 16.5. The summed E-state index contributed by atoms with van der Waals surface area (Å²) in [7, 11) is 4.04. The zero-order chi connectivity index (χ0) is 13.8. The summed E-state index contributed by atoms with van der Waals surface area (Å²) in [5.74, 6) is 0.856. The first-order valence-corrected chi connectivity index (χ1v) is 5.75. The van der Waals surface area contributed by atoms with Gasteiger partial charge in [0, 0.05) is 11.1 Å². The average Bonchev–Trinajstić information content (AvgIpc) is 2.36. The van der Waals surface area contributed by atoms with Gasteiger partial charge in [-0.25, -0.2) is 0 Å². The lowest BCUT2D eigenvalue weighted by Crippen LogP contribution is -2.43. The van der Waals surface area contributed by atoms with Gasteiger partial charge in [0.15, 0.2) is 5.84 Å². The molecule has 1 aromatic rings. The Morgan fingerprint density at radius 3 is 2.33 bits per heavy atom. The van der Waals surface area contributed by atoms with Gasteiger partial charge in [-0.3, -0.25) is 0 Å². The van der Waals surface area contributed by atoms with Gasteiger partial charge in [0.25, 0.3) is 0 Å². The van der Waals surface area contributed by atoms with Gasteiger partial charge in [-0.1, -0.05) is 5.16 Å². The number of benzene rings is 1. The smallest absolute Gasteiger partial charge is 0.170 e. The van der Waals surface area contributed by atoms with Gasteiger partial charge in [0.1, 0.15) is 12.4 Å². The van der Waals surface area contributed by atoms with E-state index < -0.39 is 0 Å². The maximum absolute atomic E-state index is 8.55. The van der Waals surface area contributed by atoms with Gasteiger partial charge in [0.05, 0.1) is 0 Å². The topological polar surface area (TPSA) is 71.1 Å². The van der Waals surface area contributed by atoms with Crippen molar-refractivity contribution in [1.29, 1.82) is 0 Å². The zero-order valence-corrected chi connectivity index (χ0v) is 11.3. The molecule has 0 aliphatic heterocycles. The third-order valence-electron chi connectivity index (χ3n) is 3.06. The van der Waals surface area contributed by atoms with Crippen molar-refractivity contribution in [2.24, 2.45) is 10.9 Å². The Kier molecular flexibility index (Phi) is 4.55. The van der Waals surface area contributed by atoms with E-state index in [4.69, 9.17) is 15.7 Å². The van der Waals surface area contributed by atoms with Crippen LogP contribution in [-0.4, -0.2) is 42.2 Å². The molecule has 5 nitrogen and oxygen atoms in total. The number of hydrogen-bond acceptors (Lipinski definition) is 4. The Hall–Kier alpha value is -1.75. The predicted molar refractivity (Wildman–Crippen MR) is 72.2 cm³/mol. The molecule has 0 atom stereocenters. The van der Waals surface area contributed by atoms with E-state index in [-0.39, 0.29) is 11.4 Å². The highest BCUT2D eigenvalue weighted by Crippen LogP contribution is 2.16. The van der Waals surface area contributed by atoms with E-state index in [2.05, 4.69) is 23.9 Å². The second kappa shape index (κ2) is 5.73. The lowest BCUT2D eigenvalue weighted by molar-refractivity contribution is 0.114. The number of rotatable bonds is 5. The highest BCUT2D eigenvalue weighted by molar-refractivity contribution is 5.97. The van der Waals surface area contributed by atoms with Crippen LogP contribution in [0.2, 0.25) is 0 Å². The van der Waals surface area contributed by atoms with E-state index >= 15 is 0 Å². The second-order valence-corrected chi connectivity index (χ2v) is 5.01. The number of ether oxygens (including phenoxy) is 1. The molecule has 0 radical (unpaired) electrons. The van der Waals surface area contributed by atoms with Gasteiger partial charge < -0.3 is 20.6 Å². The molecule has 0 aromatic heterocycles. The molecule has 0 heterocycles. The minimum absolute atomic E-state index is 0.0374. The summed E-state index contributed by atoms with van der Waals surface area (Å²) in [5, 5.41) is 11.5. The van der Waals surface area contributed by atoms with Crippen molar-refractivity contribution in [1.82, 2.24) is 4.90 Å². The molecule has 0 unspecified atom stereocenters. The summed E-state index contributed by atoms with van der Waals surface area (Å²) in [6, 6.07) is 7.12. The summed E-state index contributed by atoms with van der Waals surface area (Å²) in [6.45, 7) is 4.80. The molecule has 3 N–H and O–H groups in total. The van der Waals surface area contributed by atoms with Crippen molar-refractivity contribution in [3.8, 4) is 5.75 Å². The number of oxime groups is 1. The Morgan fingerprint density at radius 2 is 1.89 bits per heavy atom. The van der Waals surface area contributed by atoms with Crippen molar-refractivity contribution in [2.75, 3.05) is 20.7 Å². The number of amidine groups is 1. The first-order chi connectivity index (χ1) is 8.36. The fraction of sp³-hybridized carbons (Fsp3) is 0.462. The van der Waals surface area contributed by atoms with Crippen LogP contribution < -0.4 is 10.5 Å². The first-order valence-electron chi connectivity index (χ1n) is 5.75. The van der Waals surface area contributed by atoms with Gasteiger partial charge in [0.2, 0.25) is 0 Å². The third kappa shape index (κ3) is 3.63. The Morgan fingerprint density at radius 1 is 1.33 bits per heavy atom. The summed E-state index contributed by atoms with van der Waals surface area (Å²) >= 11 is 0. The average molecular weight is 251 g/mol. The zero-order valence-electron chi connectivity index (χ0n) is 11.3. The molecule has 1 aromatic carbocycles. The summed E-state index contributed by atoms with van der Waals surface area (Å²) in [6.07, 6.45) is 0. The van der Waals surface area contributed by atoms with Crippen LogP contribution in [-0.2, 0) is 0 Å². The molecule has 0 amide bonds. The maximum atomic E-state index is 8.55. The minimum atomic E-state index is -0.0374. The third-order valence-corrected chi connectivity index (χ3v) is 3.06. The molecule has 18 heavy (non-hydrogen) atoms. The molecule has 5 heteroatoms. The number of nitrogens with zero attached hydrogens (tertiary/aromatic N) is 2. The van der Waals surface area contributed by atoms with Crippen molar-refractivity contribution in [3.05, 3.63) is 29.8 Å². The van der Waals surface area contributed by atoms with Gasteiger partial charge in [-0.15, -0.1) is 0 Å². The van der Waals surface area contributed by atoms with E-state index in [0.29, 0.717) is 12.2 Å². The van der Waals surface area contributed by atoms with E-state index in [9.17, 15) is 0 Å². The lowest BCUT2D eigenvalue weighted by atomic mass is 10.1. The first kappa shape index (κ1) is 14.3. The fourth-order valence-corrected chi connectivity index (χ4v) is 1.17. The van der Waals surface area contributed by atoms with Crippen molar-refractivity contribution in [3.63, 3.8) is 0 Å². The number of likely N-dealkylation sites (N-methyl/N-ethyl adjacent to an activating group) is 1. The molecule has 100 valence electrons. The molecule has 0 aliphatic carbocycles. The van der Waals surface area contributed by atoms with Crippen molar-refractivity contribution >= 4 is 5.84 Å². The molecule has 0 saturated heterocycles. The highest BCUT2D eigenvalue weighted by Gasteiger charge is 2.21. The van der Waals surface area contributed by atoms with E-state index in [1.165, 1.54) is 0 Å². The minimum Gasteiger partial charge on any atom is -0.492 e. The normalized spacial score (nSPS) is 12.8. The molecule has 0 saturated carbocycles. The standard InChI is InChI=1S/C13H21N3O2/c1-13(2,16(3)4)9-18-11-7-5-10(6-8-11)12(14)15-17/h5-8,17H,9H2,1-4H3,(H2,14,15). The quantitative estimate of drug-likeness (QED) is 0.360. The van der Waals surface area contributed by atoms with Gasteiger partial charge in [-0.2, -0.15) is 0 Å². The molecular formula is C13H21N3O2. The second-order valence-electron chi connectivity index (χ2n) is 5.01. The largest absolute Gasteiger partial charge is 0.492 e. The number of hydrogen-bond donors (Lipinski definition) is 2. The van der Waals surface area contributed by atoms with Crippen molar-refractivity contribution < 1.29 is 9.94 Å². The van der Waals surface area contributed by atoms with Crippen LogP contribution in [0.4, 0.5) is 0 Å². The van der Waals surface area contributed by atoms with Crippen LogP contribution in [0.1, 0.15) is 19.4 Å². The van der Waals surface area contributed by atoms with Crippen LogP contribution in [0.5, 0.6) is 5.75 Å². The molecule has 0 spiro atoms. The predicted octanol–water partition coefficient (Wildman–Crippen LogP) is 1.50.